The summed E-state index contributed by atoms with van der Waals surface area (Å²) in [6.45, 7) is 6.85. The van der Waals surface area contributed by atoms with Gasteiger partial charge in [-0.2, -0.15) is 0 Å². The van der Waals surface area contributed by atoms with Gasteiger partial charge in [-0.05, 0) is 55.2 Å². The van der Waals surface area contributed by atoms with Gasteiger partial charge in [0.25, 0.3) is 0 Å². The summed E-state index contributed by atoms with van der Waals surface area (Å²) in [5.74, 6) is 0.992. The van der Waals surface area contributed by atoms with Crippen molar-refractivity contribution < 1.29 is 4.74 Å². The molecule has 2 nitrogen and oxygen atoms in total. The van der Waals surface area contributed by atoms with Crippen molar-refractivity contribution in [2.75, 3.05) is 5.73 Å². The van der Waals surface area contributed by atoms with Gasteiger partial charge in [-0.25, -0.2) is 0 Å². The Hall–Kier alpha value is -1.96. The third-order valence-corrected chi connectivity index (χ3v) is 3.24. The minimum Gasteiger partial charge on any atom is -0.488 e. The molecule has 0 aromatic heterocycles. The molecule has 2 rings (SSSR count). The summed E-state index contributed by atoms with van der Waals surface area (Å²) in [4.78, 5) is 0. The molecule has 0 fully saturated rings. The summed E-state index contributed by atoms with van der Waals surface area (Å²) in [5, 5.41) is 0. The van der Waals surface area contributed by atoms with E-state index in [4.69, 9.17) is 10.5 Å². The Morgan fingerprint density at radius 1 is 0.889 bits per heavy atom. The number of hydrogen-bond acceptors (Lipinski definition) is 2. The van der Waals surface area contributed by atoms with E-state index in [9.17, 15) is 0 Å². The van der Waals surface area contributed by atoms with Crippen LogP contribution in [0.25, 0.3) is 0 Å². The van der Waals surface area contributed by atoms with Crippen LogP contribution in [0.1, 0.15) is 22.3 Å². The van der Waals surface area contributed by atoms with Crippen molar-refractivity contribution in [3.63, 3.8) is 0 Å². The number of nitrogen functional groups attached to an aromatic ring is 1. The van der Waals surface area contributed by atoms with Gasteiger partial charge < -0.3 is 10.5 Å². The van der Waals surface area contributed by atoms with Crippen LogP contribution in [0.3, 0.4) is 0 Å². The summed E-state index contributed by atoms with van der Waals surface area (Å²) in [6.07, 6.45) is 0. The van der Waals surface area contributed by atoms with Crippen molar-refractivity contribution in [1.82, 2.24) is 0 Å². The van der Waals surface area contributed by atoms with Crippen LogP contribution in [0.2, 0.25) is 0 Å². The quantitative estimate of drug-likeness (QED) is 0.830. The standard InChI is InChI=1S/C16H19NO/c1-11-4-5-12(2)16(13(11)3)18-10-14-6-8-15(17)9-7-14/h4-9H,10,17H2,1-3H3. The average molecular weight is 241 g/mol. The van der Waals surface area contributed by atoms with Gasteiger partial charge in [-0.3, -0.25) is 0 Å². The molecule has 0 aliphatic rings. The molecule has 0 atom stereocenters. The number of benzene rings is 2. The lowest BCUT2D eigenvalue weighted by molar-refractivity contribution is 0.302. The third kappa shape index (κ3) is 2.65. The lowest BCUT2D eigenvalue weighted by Gasteiger charge is -2.14. The monoisotopic (exact) mass is 241 g/mol. The molecular weight excluding hydrogens is 222 g/mol. The van der Waals surface area contributed by atoms with Crippen LogP contribution in [-0.2, 0) is 6.61 Å². The summed E-state index contributed by atoms with van der Waals surface area (Å²) in [6, 6.07) is 12.0. The number of aryl methyl sites for hydroxylation is 2. The van der Waals surface area contributed by atoms with Gasteiger partial charge in [0.2, 0.25) is 0 Å². The zero-order valence-electron chi connectivity index (χ0n) is 11.2. The Morgan fingerprint density at radius 3 is 2.17 bits per heavy atom. The molecule has 0 aliphatic heterocycles. The van der Waals surface area contributed by atoms with E-state index in [0.717, 1.165) is 17.0 Å². The second kappa shape index (κ2) is 5.13. The zero-order chi connectivity index (χ0) is 13.1. The second-order valence-corrected chi connectivity index (χ2v) is 4.68. The molecule has 0 amide bonds. The molecule has 0 spiro atoms. The Kier molecular flexibility index (Phi) is 3.56. The minimum absolute atomic E-state index is 0.575. The van der Waals surface area contributed by atoms with Gasteiger partial charge >= 0.3 is 0 Å². The van der Waals surface area contributed by atoms with E-state index in [1.165, 1.54) is 16.7 Å². The molecule has 2 aromatic carbocycles. The molecule has 94 valence electrons. The fourth-order valence-corrected chi connectivity index (χ4v) is 1.92. The number of nitrogens with two attached hydrogens (primary N) is 1. The van der Waals surface area contributed by atoms with Gasteiger partial charge in [0, 0.05) is 5.69 Å². The predicted molar refractivity (Wildman–Crippen MR) is 75.8 cm³/mol. The van der Waals surface area contributed by atoms with Crippen LogP contribution in [-0.4, -0.2) is 0 Å². The van der Waals surface area contributed by atoms with Crippen molar-refractivity contribution in [3.8, 4) is 5.75 Å². The molecule has 0 bridgehead atoms. The van der Waals surface area contributed by atoms with E-state index in [0.29, 0.717) is 6.61 Å². The highest BCUT2D eigenvalue weighted by Gasteiger charge is 2.06. The zero-order valence-corrected chi connectivity index (χ0v) is 11.2. The lowest BCUT2D eigenvalue weighted by Crippen LogP contribution is -2.00. The largest absolute Gasteiger partial charge is 0.488 e. The van der Waals surface area contributed by atoms with Crippen LogP contribution in [0.4, 0.5) is 5.69 Å². The SMILES string of the molecule is Cc1ccc(C)c(OCc2ccc(N)cc2)c1C. The number of rotatable bonds is 3. The van der Waals surface area contributed by atoms with Crippen molar-refractivity contribution in [3.05, 3.63) is 58.7 Å². The fourth-order valence-electron chi connectivity index (χ4n) is 1.92. The molecule has 0 radical (unpaired) electrons. The molecule has 18 heavy (non-hydrogen) atoms. The highest BCUT2D eigenvalue weighted by molar-refractivity contribution is 5.45. The van der Waals surface area contributed by atoms with Gasteiger partial charge in [0.15, 0.2) is 0 Å². The number of ether oxygens (including phenoxy) is 1. The molecule has 0 heterocycles. The average Bonchev–Trinajstić information content (AvgIpc) is 2.36. The van der Waals surface area contributed by atoms with Gasteiger partial charge in [-0.1, -0.05) is 24.3 Å². The van der Waals surface area contributed by atoms with E-state index < -0.39 is 0 Å². The fraction of sp³-hybridized carbons (Fsp3) is 0.250. The molecule has 2 N–H and O–H groups in total. The van der Waals surface area contributed by atoms with Gasteiger partial charge in [0.1, 0.15) is 12.4 Å². The van der Waals surface area contributed by atoms with Crippen LogP contribution in [0.15, 0.2) is 36.4 Å². The van der Waals surface area contributed by atoms with Crippen LogP contribution in [0.5, 0.6) is 5.75 Å². The third-order valence-electron chi connectivity index (χ3n) is 3.24. The van der Waals surface area contributed by atoms with E-state index in [1.54, 1.807) is 0 Å². The minimum atomic E-state index is 0.575. The predicted octanol–water partition coefficient (Wildman–Crippen LogP) is 3.77. The van der Waals surface area contributed by atoms with E-state index in [-0.39, 0.29) is 0 Å². The van der Waals surface area contributed by atoms with Crippen molar-refractivity contribution in [2.45, 2.75) is 27.4 Å². The highest BCUT2D eigenvalue weighted by atomic mass is 16.5. The first-order valence-corrected chi connectivity index (χ1v) is 6.12. The summed E-state index contributed by atoms with van der Waals surface area (Å²) < 4.78 is 5.93. The Balaban J connectivity index is 2.15. The lowest BCUT2D eigenvalue weighted by atomic mass is 10.1. The van der Waals surface area contributed by atoms with Crippen molar-refractivity contribution in [1.29, 1.82) is 0 Å². The van der Waals surface area contributed by atoms with Crippen molar-refractivity contribution >= 4 is 5.69 Å². The van der Waals surface area contributed by atoms with E-state index >= 15 is 0 Å². The first kappa shape index (κ1) is 12.5. The summed E-state index contributed by atoms with van der Waals surface area (Å²) >= 11 is 0. The molecule has 0 saturated carbocycles. The normalized spacial score (nSPS) is 10.4. The number of anilines is 1. The molecule has 2 heteroatoms. The Bertz CT molecular complexity index is 544. The highest BCUT2D eigenvalue weighted by Crippen LogP contribution is 2.26. The smallest absolute Gasteiger partial charge is 0.125 e. The second-order valence-electron chi connectivity index (χ2n) is 4.68. The van der Waals surface area contributed by atoms with Gasteiger partial charge in [-0.15, -0.1) is 0 Å². The van der Waals surface area contributed by atoms with Crippen molar-refractivity contribution in [2.24, 2.45) is 0 Å². The van der Waals surface area contributed by atoms with E-state index in [2.05, 4.69) is 32.9 Å². The number of hydrogen-bond donors (Lipinski definition) is 1. The molecule has 0 aliphatic carbocycles. The molecule has 0 saturated heterocycles. The summed E-state index contributed by atoms with van der Waals surface area (Å²) in [7, 11) is 0. The van der Waals surface area contributed by atoms with Crippen LogP contribution >= 0.6 is 0 Å². The molecule has 0 unspecified atom stereocenters. The summed E-state index contributed by atoms with van der Waals surface area (Å²) in [5.41, 5.74) is 11.2. The van der Waals surface area contributed by atoms with Crippen LogP contribution < -0.4 is 10.5 Å². The van der Waals surface area contributed by atoms with Crippen LogP contribution in [0, 0.1) is 20.8 Å². The topological polar surface area (TPSA) is 35.2 Å². The maximum Gasteiger partial charge on any atom is 0.125 e. The molecular formula is C16H19NO. The molecule has 2 aromatic rings. The van der Waals surface area contributed by atoms with Gasteiger partial charge in [0.05, 0.1) is 0 Å². The maximum atomic E-state index is 5.93. The Labute approximate surface area is 108 Å². The maximum absolute atomic E-state index is 5.93. The Morgan fingerprint density at radius 2 is 1.50 bits per heavy atom. The van der Waals surface area contributed by atoms with E-state index in [1.807, 2.05) is 24.3 Å². The first-order chi connectivity index (χ1) is 8.58. The first-order valence-electron chi connectivity index (χ1n) is 6.12.